The van der Waals surface area contributed by atoms with Crippen LogP contribution in [0.2, 0.25) is 0 Å². The molecule has 16 nitrogen and oxygen atoms in total. The van der Waals surface area contributed by atoms with Crippen LogP contribution in [-0.4, -0.2) is 62.5 Å². The summed E-state index contributed by atoms with van der Waals surface area (Å²) in [4.78, 5) is 45.1. The Balaban J connectivity index is 1.80. The van der Waals surface area contributed by atoms with Crippen LogP contribution in [0.15, 0.2) is 29.5 Å². The zero-order valence-electron chi connectivity index (χ0n) is 18.3. The number of ether oxygens (including phenoxy) is 1. The second kappa shape index (κ2) is 8.77. The Labute approximate surface area is 199 Å². The molecule has 4 heterocycles. The number of aromatic nitrogens is 5. The standard InChI is InChI=1S/C18H20N8O8S/c1-18(5-8-6-21-17(35-8)26(32)33,9-7-20-15(23(9)2)25(30)31)13-11(27)12(28)14(34-13)24-4-3-10(19)22-16(24)29/h3-4,6-7,11-14,27-28H,5H2,1-2H3,(H2,19,22,29)/t11-,12-,13-,14+,18?/m0/s1. The van der Waals surface area contributed by atoms with Crippen LogP contribution in [0, 0.1) is 20.2 Å². The van der Waals surface area contributed by atoms with Crippen LogP contribution in [0.25, 0.3) is 0 Å². The van der Waals surface area contributed by atoms with Gasteiger partial charge >= 0.3 is 16.8 Å². The maximum Gasteiger partial charge on any atom is 0.434 e. The summed E-state index contributed by atoms with van der Waals surface area (Å²) in [6.45, 7) is 1.60. The lowest BCUT2D eigenvalue weighted by molar-refractivity contribution is -0.396. The zero-order valence-corrected chi connectivity index (χ0v) is 19.1. The third-order valence-corrected chi connectivity index (χ3v) is 6.89. The molecule has 1 fully saturated rings. The van der Waals surface area contributed by atoms with Gasteiger partial charge in [0.05, 0.1) is 17.3 Å². The fourth-order valence-electron chi connectivity index (χ4n) is 4.30. The zero-order chi connectivity index (χ0) is 25.7. The van der Waals surface area contributed by atoms with E-state index >= 15 is 0 Å². The maximum absolute atomic E-state index is 12.3. The van der Waals surface area contributed by atoms with Crippen LogP contribution < -0.4 is 11.4 Å². The molecule has 0 bridgehead atoms. The Morgan fingerprint density at radius 3 is 2.51 bits per heavy atom. The highest BCUT2D eigenvalue weighted by atomic mass is 32.1. The van der Waals surface area contributed by atoms with E-state index in [2.05, 4.69) is 15.0 Å². The van der Waals surface area contributed by atoms with Gasteiger partial charge in [-0.1, -0.05) is 4.98 Å². The summed E-state index contributed by atoms with van der Waals surface area (Å²) in [5, 5.41) is 43.9. The molecule has 4 rings (SSSR count). The van der Waals surface area contributed by atoms with Crippen LogP contribution in [0.1, 0.15) is 23.7 Å². The number of thiazole rings is 1. The van der Waals surface area contributed by atoms with Crippen molar-refractivity contribution in [1.82, 2.24) is 24.1 Å². The fourth-order valence-corrected chi connectivity index (χ4v) is 5.19. The summed E-state index contributed by atoms with van der Waals surface area (Å²) >= 11 is 0.791. The second-order valence-corrected chi connectivity index (χ2v) is 9.28. The first-order valence-corrected chi connectivity index (χ1v) is 10.9. The third-order valence-electron chi connectivity index (χ3n) is 5.94. The predicted octanol–water partition coefficient (Wildman–Crippen LogP) is -0.348. The minimum Gasteiger partial charge on any atom is -0.390 e. The highest BCUT2D eigenvalue weighted by Crippen LogP contribution is 2.44. The van der Waals surface area contributed by atoms with Gasteiger partial charge in [0, 0.05) is 12.6 Å². The summed E-state index contributed by atoms with van der Waals surface area (Å²) in [7, 11) is 1.40. The molecule has 0 spiro atoms. The number of imidazole rings is 1. The van der Waals surface area contributed by atoms with Gasteiger partial charge in [0.25, 0.3) is 0 Å². The first-order chi connectivity index (χ1) is 16.4. The third kappa shape index (κ3) is 4.14. The lowest BCUT2D eigenvalue weighted by Gasteiger charge is -2.34. The summed E-state index contributed by atoms with van der Waals surface area (Å²) in [5.74, 6) is -0.528. The Hall–Kier alpha value is -3.80. The number of rotatable bonds is 7. The molecule has 0 saturated carbocycles. The monoisotopic (exact) mass is 508 g/mol. The lowest BCUT2D eigenvalue weighted by Crippen LogP contribution is -2.47. The summed E-state index contributed by atoms with van der Waals surface area (Å²) in [6.07, 6.45) is -1.97. The van der Waals surface area contributed by atoms with Gasteiger partial charge in [-0.3, -0.25) is 4.57 Å². The molecule has 5 atom stereocenters. The van der Waals surface area contributed by atoms with Crippen molar-refractivity contribution < 1.29 is 24.8 Å². The maximum atomic E-state index is 12.3. The molecule has 1 saturated heterocycles. The van der Waals surface area contributed by atoms with Crippen molar-refractivity contribution in [3.8, 4) is 0 Å². The Morgan fingerprint density at radius 1 is 1.23 bits per heavy atom. The predicted molar refractivity (Wildman–Crippen MR) is 119 cm³/mol. The van der Waals surface area contributed by atoms with Crippen LogP contribution >= 0.6 is 11.3 Å². The van der Waals surface area contributed by atoms with Gasteiger partial charge < -0.3 is 40.9 Å². The average molecular weight is 508 g/mol. The number of anilines is 1. The van der Waals surface area contributed by atoms with Crippen LogP contribution in [0.3, 0.4) is 0 Å². The van der Waals surface area contributed by atoms with Crippen molar-refractivity contribution in [3.05, 3.63) is 65.9 Å². The quantitative estimate of drug-likeness (QED) is 0.275. The molecule has 0 aromatic carbocycles. The van der Waals surface area contributed by atoms with Crippen LogP contribution in [-0.2, 0) is 23.6 Å². The SMILES string of the molecule is Cn1c(C(C)(Cc2cnc([N+](=O)[O-])s2)[C@H]2O[C@@H](n3ccc(N)nc3=O)[C@@H](O)[C@@H]2O)cnc1[N+](=O)[O-]. The van der Waals surface area contributed by atoms with Crippen molar-refractivity contribution in [2.75, 3.05) is 5.73 Å². The molecule has 0 radical (unpaired) electrons. The van der Waals surface area contributed by atoms with Crippen molar-refractivity contribution in [1.29, 1.82) is 0 Å². The summed E-state index contributed by atoms with van der Waals surface area (Å²) in [5.41, 5.74) is 3.62. The van der Waals surface area contributed by atoms with Crippen molar-refractivity contribution >= 4 is 28.2 Å². The minimum atomic E-state index is -1.58. The number of hydrogen-bond acceptors (Lipinski definition) is 13. The Bertz CT molecular complexity index is 1350. The second-order valence-electron chi connectivity index (χ2n) is 8.19. The van der Waals surface area contributed by atoms with Crippen LogP contribution in [0.5, 0.6) is 0 Å². The average Bonchev–Trinajstić information content (AvgIpc) is 3.47. The van der Waals surface area contributed by atoms with Gasteiger partial charge in [-0.2, -0.15) is 4.98 Å². The van der Waals surface area contributed by atoms with Crippen molar-refractivity contribution in [2.45, 2.75) is 43.3 Å². The van der Waals surface area contributed by atoms with Gasteiger partial charge in [0.15, 0.2) is 12.4 Å². The molecular weight excluding hydrogens is 488 g/mol. The normalized spacial score (nSPS) is 23.8. The number of nitrogen functional groups attached to an aromatic ring is 1. The molecule has 0 amide bonds. The Morgan fingerprint density at radius 2 is 1.94 bits per heavy atom. The van der Waals surface area contributed by atoms with E-state index in [1.54, 1.807) is 6.92 Å². The Kier molecular flexibility index (Phi) is 6.09. The largest absolute Gasteiger partial charge is 0.434 e. The fraction of sp³-hybridized carbons (Fsp3) is 0.444. The highest BCUT2D eigenvalue weighted by molar-refractivity contribution is 7.14. The molecule has 3 aromatic heterocycles. The van der Waals surface area contributed by atoms with E-state index in [0.717, 1.165) is 15.9 Å². The molecule has 1 aliphatic heterocycles. The summed E-state index contributed by atoms with van der Waals surface area (Å²) < 4.78 is 8.15. The number of nitro groups is 2. The molecular formula is C18H20N8O8S. The number of hydrogen-bond donors (Lipinski definition) is 3. The summed E-state index contributed by atoms with van der Waals surface area (Å²) in [6, 6.07) is 1.32. The van der Waals surface area contributed by atoms with Gasteiger partial charge in [0.1, 0.15) is 36.0 Å². The minimum absolute atomic E-state index is 0.0226. The van der Waals surface area contributed by atoms with E-state index in [9.17, 15) is 35.2 Å². The van der Waals surface area contributed by atoms with E-state index < -0.39 is 51.4 Å². The topological polar surface area (TPSA) is 228 Å². The lowest BCUT2D eigenvalue weighted by atomic mass is 9.75. The van der Waals surface area contributed by atoms with Crippen molar-refractivity contribution in [3.63, 3.8) is 0 Å². The molecule has 3 aromatic rings. The molecule has 1 unspecified atom stereocenters. The van der Waals surface area contributed by atoms with Gasteiger partial charge in [-0.25, -0.2) is 9.36 Å². The van der Waals surface area contributed by atoms with E-state index in [0.29, 0.717) is 4.88 Å². The number of aliphatic hydroxyl groups is 2. The molecule has 17 heteroatoms. The van der Waals surface area contributed by atoms with E-state index in [1.165, 1.54) is 36.3 Å². The first-order valence-electron chi connectivity index (χ1n) is 10.1. The highest BCUT2D eigenvalue weighted by Gasteiger charge is 2.55. The molecule has 4 N–H and O–H groups in total. The van der Waals surface area contributed by atoms with E-state index in [-0.39, 0.29) is 23.1 Å². The number of nitrogens with zero attached hydrogens (tertiary/aromatic N) is 7. The smallest absolute Gasteiger partial charge is 0.390 e. The van der Waals surface area contributed by atoms with E-state index in [1.807, 2.05) is 0 Å². The molecule has 35 heavy (non-hydrogen) atoms. The van der Waals surface area contributed by atoms with E-state index in [4.69, 9.17) is 10.5 Å². The molecule has 0 aliphatic carbocycles. The van der Waals surface area contributed by atoms with Gasteiger partial charge in [-0.15, -0.1) is 0 Å². The van der Waals surface area contributed by atoms with Crippen molar-refractivity contribution in [2.24, 2.45) is 7.05 Å². The molecule has 186 valence electrons. The molecule has 1 aliphatic rings. The number of aliphatic hydroxyl groups excluding tert-OH is 2. The first kappa shape index (κ1) is 24.3. The van der Waals surface area contributed by atoms with Gasteiger partial charge in [-0.05, 0) is 39.2 Å². The number of nitrogens with two attached hydrogens (primary N) is 1. The van der Waals surface area contributed by atoms with Crippen LogP contribution in [0.4, 0.5) is 16.9 Å². The van der Waals surface area contributed by atoms with Gasteiger partial charge in [0.2, 0.25) is 0 Å².